The van der Waals surface area contributed by atoms with Crippen molar-refractivity contribution in [2.75, 3.05) is 13.2 Å². The van der Waals surface area contributed by atoms with Gasteiger partial charge in [-0.2, -0.15) is 0 Å². The number of esters is 3. The Morgan fingerprint density at radius 2 is 0.582 bits per heavy atom. The molecule has 0 bridgehead atoms. The van der Waals surface area contributed by atoms with Crippen LogP contribution in [-0.2, 0) is 28.6 Å². The molecule has 0 aromatic heterocycles. The van der Waals surface area contributed by atoms with Crippen LogP contribution in [0.25, 0.3) is 0 Å². The van der Waals surface area contributed by atoms with E-state index < -0.39 is 6.10 Å². The highest BCUT2D eigenvalue weighted by atomic mass is 16.6. The lowest BCUT2D eigenvalue weighted by molar-refractivity contribution is -0.167. The lowest BCUT2D eigenvalue weighted by Gasteiger charge is -2.18. The third-order valence-electron chi connectivity index (χ3n) is 11.3. The van der Waals surface area contributed by atoms with Gasteiger partial charge in [0, 0.05) is 19.3 Å². The third kappa shape index (κ3) is 52.9. The van der Waals surface area contributed by atoms with E-state index in [4.69, 9.17) is 14.2 Å². The van der Waals surface area contributed by atoms with E-state index in [-0.39, 0.29) is 37.5 Å². The number of hydrogen-bond acceptors (Lipinski definition) is 6. The summed E-state index contributed by atoms with van der Waals surface area (Å²) in [5, 5.41) is 0. The SMILES string of the molecule is CC/C=C\C/C=C\C/C=C\C/C=C\C/C=C\CCCCCCCCCCCCCCCC(=O)OCC(COC(=O)CCCCCCC)OC(=O)CCCC/C=C\C/C=C\C/C=C\C/C=C\CC. The number of allylic oxidation sites excluding steroid dienone is 18. The van der Waals surface area contributed by atoms with Crippen molar-refractivity contribution in [1.29, 1.82) is 0 Å². The molecule has 0 heterocycles. The molecule has 0 aliphatic rings. The summed E-state index contributed by atoms with van der Waals surface area (Å²) in [6.45, 7) is 6.28. The number of carbonyl (C=O) groups is 3. The first-order valence-corrected chi connectivity index (χ1v) is 27.4. The van der Waals surface area contributed by atoms with Crippen molar-refractivity contribution in [3.8, 4) is 0 Å². The molecule has 0 N–H and O–H groups in total. The molecule has 0 rings (SSSR count). The van der Waals surface area contributed by atoms with E-state index >= 15 is 0 Å². The molecule has 6 heteroatoms. The van der Waals surface area contributed by atoms with Gasteiger partial charge in [0.25, 0.3) is 0 Å². The maximum absolute atomic E-state index is 12.7. The van der Waals surface area contributed by atoms with Crippen molar-refractivity contribution in [2.45, 2.75) is 245 Å². The zero-order chi connectivity index (χ0) is 48.6. The molecule has 0 aliphatic carbocycles. The van der Waals surface area contributed by atoms with Crippen LogP contribution in [0.1, 0.15) is 239 Å². The minimum Gasteiger partial charge on any atom is -0.462 e. The molecule has 0 saturated heterocycles. The van der Waals surface area contributed by atoms with Crippen molar-refractivity contribution in [2.24, 2.45) is 0 Å². The minimum atomic E-state index is -0.796. The maximum Gasteiger partial charge on any atom is 0.306 e. The van der Waals surface area contributed by atoms with Crippen molar-refractivity contribution >= 4 is 17.9 Å². The summed E-state index contributed by atoms with van der Waals surface area (Å²) in [7, 11) is 0. The van der Waals surface area contributed by atoms with Gasteiger partial charge in [-0.05, 0) is 103 Å². The third-order valence-corrected chi connectivity index (χ3v) is 11.3. The van der Waals surface area contributed by atoms with E-state index in [0.717, 1.165) is 122 Å². The number of ether oxygens (including phenoxy) is 3. The predicted molar refractivity (Wildman–Crippen MR) is 288 cm³/mol. The Labute approximate surface area is 412 Å². The Balaban J connectivity index is 4.09. The fourth-order valence-electron chi connectivity index (χ4n) is 7.22. The van der Waals surface area contributed by atoms with E-state index in [2.05, 4.69) is 130 Å². The van der Waals surface area contributed by atoms with Gasteiger partial charge in [0.2, 0.25) is 0 Å². The Bertz CT molecular complexity index is 1390. The summed E-state index contributed by atoms with van der Waals surface area (Å²) >= 11 is 0. The van der Waals surface area contributed by atoms with Gasteiger partial charge in [0.05, 0.1) is 0 Å². The zero-order valence-electron chi connectivity index (χ0n) is 43.4. The molecule has 67 heavy (non-hydrogen) atoms. The van der Waals surface area contributed by atoms with Crippen LogP contribution >= 0.6 is 0 Å². The molecular formula is C61H100O6. The van der Waals surface area contributed by atoms with Gasteiger partial charge in [-0.15, -0.1) is 0 Å². The first-order chi connectivity index (χ1) is 33.0. The fraction of sp³-hybridized carbons (Fsp3) is 0.656. The van der Waals surface area contributed by atoms with Crippen LogP contribution in [0.2, 0.25) is 0 Å². The average Bonchev–Trinajstić information content (AvgIpc) is 3.33. The van der Waals surface area contributed by atoms with Crippen LogP contribution in [0.5, 0.6) is 0 Å². The second-order valence-corrected chi connectivity index (χ2v) is 17.7. The normalized spacial score (nSPS) is 12.9. The van der Waals surface area contributed by atoms with Gasteiger partial charge in [0.15, 0.2) is 6.10 Å². The number of rotatable bonds is 48. The average molecular weight is 929 g/mol. The summed E-state index contributed by atoms with van der Waals surface area (Å²) in [5.74, 6) is -0.956. The van der Waals surface area contributed by atoms with Crippen LogP contribution in [-0.4, -0.2) is 37.2 Å². The van der Waals surface area contributed by atoms with Crippen LogP contribution < -0.4 is 0 Å². The molecule has 0 fully saturated rings. The number of unbranched alkanes of at least 4 members (excludes halogenated alkanes) is 19. The molecule has 0 aromatic carbocycles. The standard InChI is InChI=1S/C61H100O6/c1-4-7-10-13-15-17-19-21-23-24-25-26-27-28-29-30-31-32-33-34-35-36-38-39-41-43-45-48-51-54-60(63)66-57-58(56-65-59(62)53-50-47-12-9-6-3)67-61(64)55-52-49-46-44-42-40-37-22-20-18-16-14-11-8-5-2/h7-8,10-11,15-18,21-23,25-26,28-29,37,42,44,58H,4-6,9,12-14,19-20,24,27,30-36,38-41,43,45-57H2,1-3H3/b10-7-,11-8-,17-15-,18-16-,23-21-,26-25-,29-28-,37-22-,44-42-. The summed E-state index contributed by atoms with van der Waals surface area (Å²) in [6, 6.07) is 0. The van der Waals surface area contributed by atoms with Crippen LogP contribution in [0.3, 0.4) is 0 Å². The van der Waals surface area contributed by atoms with E-state index in [9.17, 15) is 14.4 Å². The van der Waals surface area contributed by atoms with Crippen molar-refractivity contribution in [3.63, 3.8) is 0 Å². The number of carbonyl (C=O) groups excluding carboxylic acids is 3. The van der Waals surface area contributed by atoms with Gasteiger partial charge in [-0.25, -0.2) is 0 Å². The summed E-state index contributed by atoms with van der Waals surface area (Å²) in [6.07, 6.45) is 74.2. The number of hydrogen-bond donors (Lipinski definition) is 0. The molecule has 0 radical (unpaired) electrons. The second kappa shape index (κ2) is 54.7. The molecule has 0 aromatic rings. The van der Waals surface area contributed by atoms with Gasteiger partial charge in [-0.1, -0.05) is 226 Å². The summed E-state index contributed by atoms with van der Waals surface area (Å²) < 4.78 is 16.6. The highest BCUT2D eigenvalue weighted by Crippen LogP contribution is 2.15. The van der Waals surface area contributed by atoms with Crippen molar-refractivity contribution in [3.05, 3.63) is 109 Å². The first kappa shape index (κ1) is 63.1. The largest absolute Gasteiger partial charge is 0.462 e. The topological polar surface area (TPSA) is 78.9 Å². The highest BCUT2D eigenvalue weighted by Gasteiger charge is 2.19. The van der Waals surface area contributed by atoms with Gasteiger partial charge < -0.3 is 14.2 Å². The molecule has 380 valence electrons. The molecule has 0 saturated carbocycles. The predicted octanol–water partition coefficient (Wildman–Crippen LogP) is 18.3. The smallest absolute Gasteiger partial charge is 0.306 e. The quantitative estimate of drug-likeness (QED) is 0.0262. The highest BCUT2D eigenvalue weighted by molar-refractivity contribution is 5.71. The van der Waals surface area contributed by atoms with E-state index in [1.807, 2.05) is 0 Å². The summed E-state index contributed by atoms with van der Waals surface area (Å²) in [4.78, 5) is 37.7. The van der Waals surface area contributed by atoms with Crippen LogP contribution in [0, 0.1) is 0 Å². The first-order valence-electron chi connectivity index (χ1n) is 27.4. The van der Waals surface area contributed by atoms with E-state index in [1.165, 1.54) is 70.6 Å². The fourth-order valence-corrected chi connectivity index (χ4v) is 7.22. The van der Waals surface area contributed by atoms with Crippen LogP contribution in [0.15, 0.2) is 109 Å². The lowest BCUT2D eigenvalue weighted by Crippen LogP contribution is -2.30. The minimum absolute atomic E-state index is 0.0958. The Hall–Kier alpha value is -3.93. The monoisotopic (exact) mass is 929 g/mol. The molecule has 0 spiro atoms. The Morgan fingerprint density at radius 3 is 0.940 bits per heavy atom. The van der Waals surface area contributed by atoms with Crippen molar-refractivity contribution in [1.82, 2.24) is 0 Å². The Kier molecular flexibility index (Phi) is 51.5. The van der Waals surface area contributed by atoms with E-state index in [1.54, 1.807) is 0 Å². The molecule has 6 nitrogen and oxygen atoms in total. The van der Waals surface area contributed by atoms with Gasteiger partial charge in [0.1, 0.15) is 13.2 Å². The maximum atomic E-state index is 12.7. The summed E-state index contributed by atoms with van der Waals surface area (Å²) in [5.41, 5.74) is 0. The molecule has 0 amide bonds. The molecular weight excluding hydrogens is 829 g/mol. The molecule has 1 unspecified atom stereocenters. The van der Waals surface area contributed by atoms with Crippen molar-refractivity contribution < 1.29 is 28.6 Å². The second-order valence-electron chi connectivity index (χ2n) is 17.7. The molecule has 1 atom stereocenters. The lowest BCUT2D eigenvalue weighted by atomic mass is 10.0. The van der Waals surface area contributed by atoms with E-state index in [0.29, 0.717) is 19.3 Å². The molecule has 0 aliphatic heterocycles. The zero-order valence-corrected chi connectivity index (χ0v) is 43.4. The Morgan fingerprint density at radius 1 is 0.313 bits per heavy atom. The van der Waals surface area contributed by atoms with Gasteiger partial charge in [-0.3, -0.25) is 14.4 Å². The van der Waals surface area contributed by atoms with Gasteiger partial charge >= 0.3 is 17.9 Å². The van der Waals surface area contributed by atoms with Crippen LogP contribution in [0.4, 0.5) is 0 Å².